The molecule has 0 aliphatic carbocycles. The molecule has 3 nitrogen and oxygen atoms in total. The summed E-state index contributed by atoms with van der Waals surface area (Å²) >= 11 is 0. The van der Waals surface area contributed by atoms with E-state index in [4.69, 9.17) is 9.84 Å². The Hall–Kier alpha value is -1.42. The van der Waals surface area contributed by atoms with E-state index in [9.17, 15) is 9.18 Å². The Kier molecular flexibility index (Phi) is 3.80. The number of carbonyl (C=O) groups is 1. The standard InChI is InChI=1S/C11H13FO3/c1-7-4-3-5-9(12)8(7)6-10(15-2)11(13)14/h3-5,10H,6H2,1-2H3,(H,13,14). The zero-order valence-corrected chi connectivity index (χ0v) is 8.66. The number of halogens is 1. The van der Waals surface area contributed by atoms with Crippen molar-refractivity contribution in [3.05, 3.63) is 35.1 Å². The van der Waals surface area contributed by atoms with E-state index in [-0.39, 0.29) is 6.42 Å². The fraction of sp³-hybridized carbons (Fsp3) is 0.364. The number of hydrogen-bond donors (Lipinski definition) is 1. The minimum absolute atomic E-state index is 0.0460. The van der Waals surface area contributed by atoms with Crippen LogP contribution in [0.15, 0.2) is 18.2 Å². The Balaban J connectivity index is 2.92. The van der Waals surface area contributed by atoms with Crippen LogP contribution in [0.25, 0.3) is 0 Å². The van der Waals surface area contributed by atoms with Crippen LogP contribution in [-0.4, -0.2) is 24.3 Å². The van der Waals surface area contributed by atoms with Crippen LogP contribution in [0.4, 0.5) is 4.39 Å². The molecule has 1 atom stereocenters. The lowest BCUT2D eigenvalue weighted by Gasteiger charge is -2.12. The van der Waals surface area contributed by atoms with Crippen LogP contribution in [-0.2, 0) is 16.0 Å². The maximum absolute atomic E-state index is 13.4. The summed E-state index contributed by atoms with van der Waals surface area (Å²) in [6, 6.07) is 4.65. The predicted molar refractivity (Wildman–Crippen MR) is 53.3 cm³/mol. The second-order valence-corrected chi connectivity index (χ2v) is 3.30. The molecule has 15 heavy (non-hydrogen) atoms. The molecule has 1 unspecified atom stereocenters. The molecule has 0 aliphatic rings. The fourth-order valence-electron chi connectivity index (χ4n) is 1.38. The Labute approximate surface area is 87.5 Å². The first-order valence-electron chi connectivity index (χ1n) is 4.56. The average molecular weight is 212 g/mol. The number of benzene rings is 1. The molecule has 0 fully saturated rings. The third-order valence-electron chi connectivity index (χ3n) is 2.30. The van der Waals surface area contributed by atoms with Crippen molar-refractivity contribution in [2.45, 2.75) is 19.4 Å². The molecule has 1 aromatic rings. The third-order valence-corrected chi connectivity index (χ3v) is 2.30. The molecule has 1 aromatic carbocycles. The van der Waals surface area contributed by atoms with Crippen molar-refractivity contribution in [3.63, 3.8) is 0 Å². The molecular formula is C11H13FO3. The lowest BCUT2D eigenvalue weighted by Crippen LogP contribution is -2.25. The Morgan fingerprint density at radius 3 is 2.73 bits per heavy atom. The molecular weight excluding hydrogens is 199 g/mol. The Bertz CT molecular complexity index is 343. The highest BCUT2D eigenvalue weighted by Crippen LogP contribution is 2.15. The zero-order valence-electron chi connectivity index (χ0n) is 8.66. The molecule has 0 spiro atoms. The summed E-state index contributed by atoms with van der Waals surface area (Å²) < 4.78 is 18.1. The lowest BCUT2D eigenvalue weighted by molar-refractivity contribution is -0.148. The largest absolute Gasteiger partial charge is 0.479 e. The van der Waals surface area contributed by atoms with Crippen LogP contribution in [0, 0.1) is 12.7 Å². The number of hydrogen-bond acceptors (Lipinski definition) is 2. The van der Waals surface area contributed by atoms with E-state index in [2.05, 4.69) is 0 Å². The van der Waals surface area contributed by atoms with Gasteiger partial charge in [0.2, 0.25) is 0 Å². The molecule has 4 heteroatoms. The smallest absolute Gasteiger partial charge is 0.333 e. The minimum Gasteiger partial charge on any atom is -0.479 e. The van der Waals surface area contributed by atoms with Crippen LogP contribution in [0.3, 0.4) is 0 Å². The van der Waals surface area contributed by atoms with Gasteiger partial charge in [0.05, 0.1) is 0 Å². The van der Waals surface area contributed by atoms with Crippen molar-refractivity contribution in [1.82, 2.24) is 0 Å². The van der Waals surface area contributed by atoms with Gasteiger partial charge in [-0.05, 0) is 24.1 Å². The molecule has 1 rings (SSSR count). The topological polar surface area (TPSA) is 46.5 Å². The summed E-state index contributed by atoms with van der Waals surface area (Å²) in [5.41, 5.74) is 1.13. The van der Waals surface area contributed by atoms with Crippen molar-refractivity contribution >= 4 is 5.97 Å². The maximum Gasteiger partial charge on any atom is 0.333 e. The number of aryl methyl sites for hydroxylation is 1. The highest BCUT2D eigenvalue weighted by molar-refractivity contribution is 5.72. The van der Waals surface area contributed by atoms with Gasteiger partial charge < -0.3 is 9.84 Å². The number of carboxylic acids is 1. The first kappa shape index (κ1) is 11.7. The van der Waals surface area contributed by atoms with Gasteiger partial charge in [0.15, 0.2) is 6.10 Å². The SMILES string of the molecule is COC(Cc1c(C)cccc1F)C(=O)O. The van der Waals surface area contributed by atoms with Gasteiger partial charge in [-0.15, -0.1) is 0 Å². The van der Waals surface area contributed by atoms with Crippen LogP contribution >= 0.6 is 0 Å². The van der Waals surface area contributed by atoms with Gasteiger partial charge in [0.25, 0.3) is 0 Å². The first-order valence-corrected chi connectivity index (χ1v) is 4.56. The molecule has 1 N–H and O–H groups in total. The Morgan fingerprint density at radius 1 is 1.60 bits per heavy atom. The van der Waals surface area contributed by atoms with E-state index in [0.717, 1.165) is 5.56 Å². The van der Waals surface area contributed by atoms with Crippen molar-refractivity contribution in [3.8, 4) is 0 Å². The van der Waals surface area contributed by atoms with E-state index in [0.29, 0.717) is 5.56 Å². The molecule has 0 bridgehead atoms. The first-order chi connectivity index (χ1) is 7.06. The van der Waals surface area contributed by atoms with E-state index >= 15 is 0 Å². The molecule has 0 saturated heterocycles. The zero-order chi connectivity index (χ0) is 11.4. The van der Waals surface area contributed by atoms with Gasteiger partial charge in [0.1, 0.15) is 5.82 Å². The summed E-state index contributed by atoms with van der Waals surface area (Å²) in [6.07, 6.45) is -0.953. The van der Waals surface area contributed by atoms with Gasteiger partial charge in [-0.2, -0.15) is 0 Å². The highest BCUT2D eigenvalue weighted by atomic mass is 19.1. The lowest BCUT2D eigenvalue weighted by atomic mass is 10.0. The molecule has 0 heterocycles. The highest BCUT2D eigenvalue weighted by Gasteiger charge is 2.19. The summed E-state index contributed by atoms with van der Waals surface area (Å²) in [6.45, 7) is 1.74. The maximum atomic E-state index is 13.4. The van der Waals surface area contributed by atoms with Crippen LogP contribution in [0.5, 0.6) is 0 Å². The molecule has 0 aliphatic heterocycles. The number of aliphatic carboxylic acids is 1. The van der Waals surface area contributed by atoms with Gasteiger partial charge in [-0.25, -0.2) is 9.18 Å². The number of carboxylic acid groups (broad SMARTS) is 1. The fourth-order valence-corrected chi connectivity index (χ4v) is 1.38. The van der Waals surface area contributed by atoms with Crippen LogP contribution in [0.2, 0.25) is 0 Å². The quantitative estimate of drug-likeness (QED) is 0.827. The third kappa shape index (κ3) is 2.76. The van der Waals surface area contributed by atoms with Gasteiger partial charge in [0, 0.05) is 13.5 Å². The minimum atomic E-state index is -1.08. The number of rotatable bonds is 4. The molecule has 0 amide bonds. The second kappa shape index (κ2) is 4.89. The summed E-state index contributed by atoms with van der Waals surface area (Å²) in [7, 11) is 1.30. The second-order valence-electron chi connectivity index (χ2n) is 3.30. The summed E-state index contributed by atoms with van der Waals surface area (Å²) in [5.74, 6) is -1.47. The van der Waals surface area contributed by atoms with Crippen molar-refractivity contribution in [1.29, 1.82) is 0 Å². The van der Waals surface area contributed by atoms with Gasteiger partial charge >= 0.3 is 5.97 Å². The van der Waals surface area contributed by atoms with E-state index < -0.39 is 17.9 Å². The monoisotopic (exact) mass is 212 g/mol. The number of methoxy groups -OCH3 is 1. The molecule has 0 saturated carbocycles. The summed E-state index contributed by atoms with van der Waals surface area (Å²) in [4.78, 5) is 10.7. The molecule has 0 aromatic heterocycles. The Morgan fingerprint density at radius 2 is 2.27 bits per heavy atom. The van der Waals surface area contributed by atoms with Crippen molar-refractivity contribution in [2.24, 2.45) is 0 Å². The van der Waals surface area contributed by atoms with E-state index in [1.54, 1.807) is 19.1 Å². The van der Waals surface area contributed by atoms with E-state index in [1.807, 2.05) is 0 Å². The number of ether oxygens (including phenoxy) is 1. The molecule has 0 radical (unpaired) electrons. The van der Waals surface area contributed by atoms with E-state index in [1.165, 1.54) is 13.2 Å². The van der Waals surface area contributed by atoms with Crippen LogP contribution in [0.1, 0.15) is 11.1 Å². The molecule has 82 valence electrons. The average Bonchev–Trinajstić information content (AvgIpc) is 2.17. The van der Waals surface area contributed by atoms with Crippen LogP contribution < -0.4 is 0 Å². The van der Waals surface area contributed by atoms with Crippen molar-refractivity contribution < 1.29 is 19.0 Å². The normalized spacial score (nSPS) is 12.5. The van der Waals surface area contributed by atoms with Crippen molar-refractivity contribution in [2.75, 3.05) is 7.11 Å². The summed E-state index contributed by atoms with van der Waals surface area (Å²) in [5, 5.41) is 8.77. The predicted octanol–water partition coefficient (Wildman–Crippen LogP) is 1.78. The van der Waals surface area contributed by atoms with Gasteiger partial charge in [-0.3, -0.25) is 0 Å². The van der Waals surface area contributed by atoms with Gasteiger partial charge in [-0.1, -0.05) is 12.1 Å².